The minimum absolute atomic E-state index is 0.182. The van der Waals surface area contributed by atoms with Crippen molar-refractivity contribution in [2.75, 3.05) is 24.3 Å². The first-order valence-electron chi connectivity index (χ1n) is 6.46. The minimum atomic E-state index is 0.182. The Hall–Kier alpha value is -1.19. The summed E-state index contributed by atoms with van der Waals surface area (Å²) < 4.78 is 1.06. The van der Waals surface area contributed by atoms with Crippen LogP contribution in [-0.2, 0) is 0 Å². The molecule has 0 spiro atoms. The number of hydrogen-bond donors (Lipinski definition) is 1. The first-order chi connectivity index (χ1) is 9.47. The Labute approximate surface area is 133 Å². The molecule has 0 saturated heterocycles. The third kappa shape index (κ3) is 3.68. The van der Waals surface area contributed by atoms with Crippen molar-refractivity contribution in [1.82, 2.24) is 0 Å². The highest BCUT2D eigenvalue weighted by molar-refractivity contribution is 9.10. The van der Waals surface area contributed by atoms with Crippen molar-refractivity contribution in [3.05, 3.63) is 57.5 Å². The molecule has 0 amide bonds. The van der Waals surface area contributed by atoms with Crippen LogP contribution in [0.25, 0.3) is 0 Å². The van der Waals surface area contributed by atoms with E-state index in [1.165, 1.54) is 5.56 Å². The molecule has 0 bridgehead atoms. The lowest BCUT2D eigenvalue weighted by Crippen LogP contribution is -2.14. The van der Waals surface area contributed by atoms with Crippen LogP contribution in [0.2, 0.25) is 5.02 Å². The van der Waals surface area contributed by atoms with Gasteiger partial charge in [-0.15, -0.1) is 0 Å². The molecule has 0 aliphatic carbocycles. The number of nitrogens with one attached hydrogen (secondary N) is 1. The molecule has 2 aromatic rings. The van der Waals surface area contributed by atoms with Gasteiger partial charge in [0.2, 0.25) is 0 Å². The molecule has 20 heavy (non-hydrogen) atoms. The fourth-order valence-electron chi connectivity index (χ4n) is 2.11. The summed E-state index contributed by atoms with van der Waals surface area (Å²) in [7, 11) is 4.08. The Morgan fingerprint density at radius 2 is 1.90 bits per heavy atom. The Morgan fingerprint density at radius 1 is 1.15 bits per heavy atom. The third-order valence-corrected chi connectivity index (χ3v) is 3.89. The number of anilines is 2. The van der Waals surface area contributed by atoms with Crippen molar-refractivity contribution in [2.45, 2.75) is 13.0 Å². The Kier molecular flexibility index (Phi) is 4.95. The fourth-order valence-corrected chi connectivity index (χ4v) is 2.67. The highest BCUT2D eigenvalue weighted by Gasteiger charge is 2.10. The van der Waals surface area contributed by atoms with Crippen LogP contribution in [0.15, 0.2) is 46.9 Å². The lowest BCUT2D eigenvalue weighted by Gasteiger charge is -2.22. The summed E-state index contributed by atoms with van der Waals surface area (Å²) in [6, 6.07) is 14.4. The zero-order valence-electron chi connectivity index (χ0n) is 11.8. The minimum Gasteiger partial charge on any atom is -0.377 e. The van der Waals surface area contributed by atoms with E-state index >= 15 is 0 Å². The van der Waals surface area contributed by atoms with Gasteiger partial charge in [0.15, 0.2) is 0 Å². The standard InChI is InChI=1S/C16H18BrClN2/c1-11(12-5-4-6-14(18)9-12)19-15-10-13(17)7-8-16(15)20(2)3/h4-11,19H,1-3H3. The number of hydrogen-bond acceptors (Lipinski definition) is 2. The zero-order valence-corrected chi connectivity index (χ0v) is 14.2. The third-order valence-electron chi connectivity index (χ3n) is 3.16. The van der Waals surface area contributed by atoms with Crippen LogP contribution in [0.4, 0.5) is 11.4 Å². The summed E-state index contributed by atoms with van der Waals surface area (Å²) in [5, 5.41) is 4.31. The van der Waals surface area contributed by atoms with Crippen molar-refractivity contribution in [2.24, 2.45) is 0 Å². The Morgan fingerprint density at radius 3 is 2.55 bits per heavy atom. The first kappa shape index (κ1) is 15.2. The summed E-state index contributed by atoms with van der Waals surface area (Å²) in [5.41, 5.74) is 3.42. The van der Waals surface area contributed by atoms with Gasteiger partial charge in [-0.2, -0.15) is 0 Å². The topological polar surface area (TPSA) is 15.3 Å². The zero-order chi connectivity index (χ0) is 14.7. The van der Waals surface area contributed by atoms with Gasteiger partial charge in [0.1, 0.15) is 0 Å². The summed E-state index contributed by atoms with van der Waals surface area (Å²) in [6.07, 6.45) is 0. The maximum Gasteiger partial charge on any atom is 0.0597 e. The summed E-state index contributed by atoms with van der Waals surface area (Å²) >= 11 is 9.58. The SMILES string of the molecule is CC(Nc1cc(Br)ccc1N(C)C)c1cccc(Cl)c1. The molecule has 0 aromatic heterocycles. The number of halogens is 2. The molecule has 1 unspecified atom stereocenters. The second-order valence-electron chi connectivity index (χ2n) is 4.98. The van der Waals surface area contributed by atoms with E-state index in [1.807, 2.05) is 38.4 Å². The van der Waals surface area contributed by atoms with Crippen molar-refractivity contribution in [1.29, 1.82) is 0 Å². The molecule has 4 heteroatoms. The highest BCUT2D eigenvalue weighted by atomic mass is 79.9. The normalized spacial score (nSPS) is 12.1. The smallest absolute Gasteiger partial charge is 0.0597 e. The van der Waals surface area contributed by atoms with E-state index in [-0.39, 0.29) is 6.04 Å². The van der Waals surface area contributed by atoms with Crippen molar-refractivity contribution in [3.8, 4) is 0 Å². The van der Waals surface area contributed by atoms with Gasteiger partial charge in [0.05, 0.1) is 11.4 Å². The average Bonchev–Trinajstić information content (AvgIpc) is 2.38. The molecule has 1 N–H and O–H groups in total. The quantitative estimate of drug-likeness (QED) is 0.798. The molecule has 2 rings (SSSR count). The molecular formula is C16H18BrClN2. The maximum atomic E-state index is 6.06. The van der Waals surface area contributed by atoms with E-state index in [9.17, 15) is 0 Å². The number of rotatable bonds is 4. The highest BCUT2D eigenvalue weighted by Crippen LogP contribution is 2.31. The summed E-state index contributed by atoms with van der Waals surface area (Å²) in [5.74, 6) is 0. The van der Waals surface area contributed by atoms with E-state index < -0.39 is 0 Å². The average molecular weight is 354 g/mol. The lowest BCUT2D eigenvalue weighted by molar-refractivity contribution is 0.883. The number of nitrogens with zero attached hydrogens (tertiary/aromatic N) is 1. The van der Waals surface area contributed by atoms with Crippen molar-refractivity contribution >= 4 is 38.9 Å². The van der Waals surface area contributed by atoms with Crippen molar-refractivity contribution in [3.63, 3.8) is 0 Å². The summed E-state index contributed by atoms with van der Waals surface area (Å²) in [6.45, 7) is 2.13. The van der Waals surface area contributed by atoms with Gasteiger partial charge in [-0.1, -0.05) is 39.7 Å². The van der Waals surface area contributed by atoms with Crippen LogP contribution in [0.1, 0.15) is 18.5 Å². The van der Waals surface area contributed by atoms with Crippen LogP contribution in [0, 0.1) is 0 Å². The van der Waals surface area contributed by atoms with E-state index in [1.54, 1.807) is 0 Å². The van der Waals surface area contributed by atoms with Crippen LogP contribution in [-0.4, -0.2) is 14.1 Å². The fraction of sp³-hybridized carbons (Fsp3) is 0.250. The molecule has 0 fully saturated rings. The predicted octanol–water partition coefficient (Wildman–Crippen LogP) is 5.34. The molecule has 2 aromatic carbocycles. The Bertz CT molecular complexity index is 599. The van der Waals surface area contributed by atoms with Crippen molar-refractivity contribution < 1.29 is 0 Å². The van der Waals surface area contributed by atoms with Gasteiger partial charge in [-0.3, -0.25) is 0 Å². The molecule has 0 aliphatic rings. The van der Waals surface area contributed by atoms with E-state index in [0.29, 0.717) is 0 Å². The maximum absolute atomic E-state index is 6.06. The van der Waals surface area contributed by atoms with Crippen LogP contribution in [0.5, 0.6) is 0 Å². The molecule has 1 atom stereocenters. The monoisotopic (exact) mass is 352 g/mol. The van der Waals surface area contributed by atoms with Gasteiger partial charge >= 0.3 is 0 Å². The van der Waals surface area contributed by atoms with E-state index in [4.69, 9.17) is 11.6 Å². The van der Waals surface area contributed by atoms with Crippen LogP contribution >= 0.6 is 27.5 Å². The predicted molar refractivity (Wildman–Crippen MR) is 92.0 cm³/mol. The number of benzene rings is 2. The second-order valence-corrected chi connectivity index (χ2v) is 6.33. The first-order valence-corrected chi connectivity index (χ1v) is 7.63. The summed E-state index contributed by atoms with van der Waals surface area (Å²) in [4.78, 5) is 2.10. The van der Waals surface area contributed by atoms with Crippen LogP contribution in [0.3, 0.4) is 0 Å². The largest absolute Gasteiger partial charge is 0.377 e. The lowest BCUT2D eigenvalue weighted by atomic mass is 10.1. The molecule has 0 radical (unpaired) electrons. The molecule has 0 heterocycles. The van der Waals surface area contributed by atoms with Crippen LogP contribution < -0.4 is 10.2 Å². The van der Waals surface area contributed by atoms with Gasteiger partial charge in [0.25, 0.3) is 0 Å². The van der Waals surface area contributed by atoms with Gasteiger partial charge in [0, 0.05) is 29.6 Å². The molecule has 0 aliphatic heterocycles. The van der Waals surface area contributed by atoms with Gasteiger partial charge in [-0.05, 0) is 42.8 Å². The molecule has 0 saturated carbocycles. The molecule has 2 nitrogen and oxygen atoms in total. The second kappa shape index (κ2) is 6.51. The molecular weight excluding hydrogens is 336 g/mol. The van der Waals surface area contributed by atoms with E-state index in [2.05, 4.69) is 51.3 Å². The Balaban J connectivity index is 2.27. The van der Waals surface area contributed by atoms with Gasteiger partial charge in [-0.25, -0.2) is 0 Å². The molecule has 106 valence electrons. The van der Waals surface area contributed by atoms with Gasteiger partial charge < -0.3 is 10.2 Å². The van der Waals surface area contributed by atoms with E-state index in [0.717, 1.165) is 20.9 Å².